The van der Waals surface area contributed by atoms with Gasteiger partial charge < -0.3 is 0 Å². The van der Waals surface area contributed by atoms with Gasteiger partial charge in [0.1, 0.15) is 0 Å². The predicted molar refractivity (Wildman–Crippen MR) is 231 cm³/mol. The largest absolute Gasteiger partial charge is 0.235 e. The Morgan fingerprint density at radius 1 is 0.411 bits per heavy atom. The van der Waals surface area contributed by atoms with Gasteiger partial charge in [0.25, 0.3) is 0 Å². The first kappa shape index (κ1) is 33.7. The van der Waals surface area contributed by atoms with Crippen molar-refractivity contribution in [3.05, 3.63) is 188 Å². The van der Waals surface area contributed by atoms with Gasteiger partial charge in [0.05, 0.1) is 10.6 Å². The van der Waals surface area contributed by atoms with E-state index in [-0.39, 0.29) is 0 Å². The molecule has 0 spiro atoms. The summed E-state index contributed by atoms with van der Waals surface area (Å²) in [5.41, 5.74) is 8.04. The lowest BCUT2D eigenvalue weighted by Gasteiger charge is -2.12. The Morgan fingerprint density at radius 3 is 1.66 bits per heavy atom. The second-order valence-corrected chi connectivity index (χ2v) is 15.4. The standard InChI is InChI=1S/C49H31N5S2/c1-5-16-32(17-6-1)35-22-13-23-36(30-35)46-50-31-42(55-37-24-11-4-12-25-37)44(51-46)40-28-14-26-38-43-39(27-15-29-41(43)56-45(38)40)49-53-47(33-18-7-2-8-19-33)52-48(54-49)34-20-9-3-10-21-34/h1-31H. The van der Waals surface area contributed by atoms with Crippen LogP contribution in [0.15, 0.2) is 198 Å². The zero-order chi connectivity index (χ0) is 37.3. The van der Waals surface area contributed by atoms with Crippen LogP contribution in [0.5, 0.6) is 0 Å². The molecule has 3 aromatic heterocycles. The number of thiophene rings is 1. The van der Waals surface area contributed by atoms with Crippen molar-refractivity contribution in [1.82, 2.24) is 24.9 Å². The molecule has 0 radical (unpaired) electrons. The number of rotatable bonds is 8. The third-order valence-corrected chi connectivity index (χ3v) is 11.9. The van der Waals surface area contributed by atoms with Crippen LogP contribution < -0.4 is 0 Å². The molecule has 264 valence electrons. The van der Waals surface area contributed by atoms with Crippen LogP contribution in [0.3, 0.4) is 0 Å². The van der Waals surface area contributed by atoms with Gasteiger partial charge in [-0.1, -0.05) is 169 Å². The quantitative estimate of drug-likeness (QED) is 0.154. The third-order valence-electron chi connectivity index (χ3n) is 9.67. The molecule has 0 aliphatic heterocycles. The van der Waals surface area contributed by atoms with Gasteiger partial charge in [-0.25, -0.2) is 24.9 Å². The first-order chi connectivity index (χ1) is 27.7. The van der Waals surface area contributed by atoms with Crippen molar-refractivity contribution in [3.8, 4) is 67.9 Å². The second kappa shape index (κ2) is 14.8. The Balaban J connectivity index is 1.16. The summed E-state index contributed by atoms with van der Waals surface area (Å²) in [6.07, 6.45) is 1.98. The molecule has 7 aromatic carbocycles. The van der Waals surface area contributed by atoms with Gasteiger partial charge in [0, 0.05) is 59.1 Å². The maximum Gasteiger partial charge on any atom is 0.164 e. The van der Waals surface area contributed by atoms with Gasteiger partial charge in [-0.2, -0.15) is 0 Å². The molecular formula is C49H31N5S2. The summed E-state index contributed by atoms with van der Waals surface area (Å²) in [6.45, 7) is 0. The Morgan fingerprint density at radius 2 is 0.964 bits per heavy atom. The molecule has 0 unspecified atom stereocenters. The first-order valence-corrected chi connectivity index (χ1v) is 20.0. The number of benzene rings is 7. The first-order valence-electron chi connectivity index (χ1n) is 18.3. The summed E-state index contributed by atoms with van der Waals surface area (Å²) in [5, 5.41) is 2.24. The van der Waals surface area contributed by atoms with E-state index in [1.165, 1.54) is 0 Å². The van der Waals surface area contributed by atoms with E-state index in [4.69, 9.17) is 24.9 Å². The van der Waals surface area contributed by atoms with E-state index in [0.29, 0.717) is 23.3 Å². The van der Waals surface area contributed by atoms with Gasteiger partial charge in [-0.05, 0) is 35.4 Å². The molecule has 0 amide bonds. The minimum Gasteiger partial charge on any atom is -0.235 e. The van der Waals surface area contributed by atoms with Crippen molar-refractivity contribution in [2.45, 2.75) is 9.79 Å². The summed E-state index contributed by atoms with van der Waals surface area (Å²) in [4.78, 5) is 27.6. The number of fused-ring (bicyclic) bond motifs is 3. The van der Waals surface area contributed by atoms with Crippen LogP contribution in [0.4, 0.5) is 0 Å². The molecule has 0 aliphatic rings. The molecule has 56 heavy (non-hydrogen) atoms. The van der Waals surface area contributed by atoms with Gasteiger partial charge in [-0.3, -0.25) is 0 Å². The average molecular weight is 754 g/mol. The number of hydrogen-bond donors (Lipinski definition) is 0. The van der Waals surface area contributed by atoms with E-state index in [1.54, 1.807) is 23.1 Å². The lowest BCUT2D eigenvalue weighted by Crippen LogP contribution is -2.00. The monoisotopic (exact) mass is 753 g/mol. The van der Waals surface area contributed by atoms with Crippen LogP contribution >= 0.6 is 23.1 Å². The SMILES string of the molecule is c1ccc(Sc2cnc(-c3cccc(-c4ccccc4)c3)nc2-c2cccc3c2sc2cccc(-c4nc(-c5ccccc5)nc(-c5ccccc5)n4)c23)cc1. The minimum atomic E-state index is 0.636. The minimum absolute atomic E-state index is 0.636. The molecule has 0 atom stereocenters. The maximum absolute atomic E-state index is 5.38. The summed E-state index contributed by atoms with van der Waals surface area (Å²) in [6, 6.07) is 62.5. The Kier molecular flexibility index (Phi) is 8.91. The Bertz CT molecular complexity index is 2930. The lowest BCUT2D eigenvalue weighted by atomic mass is 10.0. The number of hydrogen-bond acceptors (Lipinski definition) is 7. The second-order valence-electron chi connectivity index (χ2n) is 13.3. The molecule has 0 saturated carbocycles. The van der Waals surface area contributed by atoms with Crippen LogP contribution in [0.2, 0.25) is 0 Å². The summed E-state index contributed by atoms with van der Waals surface area (Å²) >= 11 is 3.45. The van der Waals surface area contributed by atoms with Crippen LogP contribution in [-0.4, -0.2) is 24.9 Å². The fraction of sp³-hybridized carbons (Fsp3) is 0. The molecule has 10 aromatic rings. The number of aromatic nitrogens is 5. The van der Waals surface area contributed by atoms with E-state index in [2.05, 4.69) is 109 Å². The summed E-state index contributed by atoms with van der Waals surface area (Å²) in [7, 11) is 0. The topological polar surface area (TPSA) is 64.5 Å². The van der Waals surface area contributed by atoms with Crippen molar-refractivity contribution < 1.29 is 0 Å². The van der Waals surface area contributed by atoms with Crippen molar-refractivity contribution in [2.75, 3.05) is 0 Å². The highest BCUT2D eigenvalue weighted by atomic mass is 32.2. The van der Waals surface area contributed by atoms with E-state index in [0.717, 1.165) is 74.6 Å². The third kappa shape index (κ3) is 6.53. The van der Waals surface area contributed by atoms with Gasteiger partial charge in [0.15, 0.2) is 23.3 Å². The van der Waals surface area contributed by atoms with Crippen molar-refractivity contribution in [2.24, 2.45) is 0 Å². The number of nitrogens with zero attached hydrogens (tertiary/aromatic N) is 5. The van der Waals surface area contributed by atoms with Crippen LogP contribution in [0.1, 0.15) is 0 Å². The molecule has 0 saturated heterocycles. The molecule has 0 aliphatic carbocycles. The summed E-state index contributed by atoms with van der Waals surface area (Å²) in [5.74, 6) is 2.59. The predicted octanol–water partition coefficient (Wildman–Crippen LogP) is 13.2. The van der Waals surface area contributed by atoms with Crippen molar-refractivity contribution in [3.63, 3.8) is 0 Å². The molecule has 7 heteroatoms. The smallest absolute Gasteiger partial charge is 0.164 e. The fourth-order valence-corrected chi connectivity index (χ4v) is 9.16. The van der Waals surface area contributed by atoms with Crippen LogP contribution in [0.25, 0.3) is 88.1 Å². The Hall–Kier alpha value is -6.80. The van der Waals surface area contributed by atoms with Crippen molar-refractivity contribution >= 4 is 43.3 Å². The van der Waals surface area contributed by atoms with E-state index < -0.39 is 0 Å². The van der Waals surface area contributed by atoms with Gasteiger partial charge >= 0.3 is 0 Å². The average Bonchev–Trinajstić information content (AvgIpc) is 3.67. The van der Waals surface area contributed by atoms with Crippen molar-refractivity contribution in [1.29, 1.82) is 0 Å². The normalized spacial score (nSPS) is 11.3. The van der Waals surface area contributed by atoms with E-state index in [9.17, 15) is 0 Å². The maximum atomic E-state index is 5.38. The lowest BCUT2D eigenvalue weighted by molar-refractivity contribution is 1.08. The Labute approximate surface area is 332 Å². The molecule has 0 bridgehead atoms. The van der Waals surface area contributed by atoms with E-state index in [1.807, 2.05) is 79.0 Å². The fourth-order valence-electron chi connectivity index (χ4n) is 7.01. The zero-order valence-corrected chi connectivity index (χ0v) is 31.6. The molecule has 3 heterocycles. The van der Waals surface area contributed by atoms with Crippen LogP contribution in [-0.2, 0) is 0 Å². The van der Waals surface area contributed by atoms with Gasteiger partial charge in [-0.15, -0.1) is 11.3 Å². The highest BCUT2D eigenvalue weighted by molar-refractivity contribution is 7.99. The van der Waals surface area contributed by atoms with Gasteiger partial charge in [0.2, 0.25) is 0 Å². The molecular weight excluding hydrogens is 723 g/mol. The summed E-state index contributed by atoms with van der Waals surface area (Å²) < 4.78 is 2.29. The molecule has 0 fully saturated rings. The highest BCUT2D eigenvalue weighted by Crippen LogP contribution is 2.46. The zero-order valence-electron chi connectivity index (χ0n) is 30.0. The van der Waals surface area contributed by atoms with E-state index >= 15 is 0 Å². The molecule has 5 nitrogen and oxygen atoms in total. The van der Waals surface area contributed by atoms with Crippen LogP contribution in [0, 0.1) is 0 Å². The highest BCUT2D eigenvalue weighted by Gasteiger charge is 2.21. The molecule has 10 rings (SSSR count). The molecule has 0 N–H and O–H groups in total.